The molecule has 0 amide bonds. The standard InChI is InChI=1S/C7H6N2O3S2/c10-11-12-14-4-1-2-5-6(3-4)9-7(13)8-5/h1-3,10H,(H2,8,9,13)/p-1. The van der Waals surface area contributed by atoms with Crippen LogP contribution in [0.25, 0.3) is 11.0 Å². The van der Waals surface area contributed by atoms with Crippen molar-refractivity contribution in [1.29, 1.82) is 0 Å². The number of aromatic nitrogens is 2. The summed E-state index contributed by atoms with van der Waals surface area (Å²) in [6.45, 7) is 0. The van der Waals surface area contributed by atoms with Gasteiger partial charge in [-0.05, 0) is 30.4 Å². The lowest BCUT2D eigenvalue weighted by Crippen LogP contribution is -2.00. The molecule has 0 saturated carbocycles. The maximum Gasteiger partial charge on any atom is 0.175 e. The van der Waals surface area contributed by atoms with E-state index in [-0.39, 0.29) is 0 Å². The molecule has 14 heavy (non-hydrogen) atoms. The minimum atomic E-state index is 0.558. The van der Waals surface area contributed by atoms with Crippen molar-refractivity contribution in [3.8, 4) is 0 Å². The third-order valence-corrected chi connectivity index (χ3v) is 2.42. The summed E-state index contributed by atoms with van der Waals surface area (Å²) in [4.78, 5) is 6.65. The molecule has 0 aliphatic heterocycles. The van der Waals surface area contributed by atoms with Gasteiger partial charge in [-0.15, -0.1) is 0 Å². The molecule has 0 atom stereocenters. The zero-order valence-electron chi connectivity index (χ0n) is 6.77. The molecule has 0 radical (unpaired) electrons. The Morgan fingerprint density at radius 1 is 1.29 bits per heavy atom. The molecule has 1 aromatic heterocycles. The van der Waals surface area contributed by atoms with Crippen molar-refractivity contribution in [2.45, 2.75) is 4.90 Å². The van der Waals surface area contributed by atoms with E-state index in [1.807, 2.05) is 6.07 Å². The topological polar surface area (TPSA) is 73.1 Å². The van der Waals surface area contributed by atoms with Crippen LogP contribution in [0, 0.1) is 4.77 Å². The first-order chi connectivity index (χ1) is 6.79. The molecule has 5 nitrogen and oxygen atoms in total. The number of aromatic amines is 2. The highest BCUT2D eigenvalue weighted by Crippen LogP contribution is 2.22. The second-order valence-corrected chi connectivity index (χ2v) is 3.69. The van der Waals surface area contributed by atoms with Gasteiger partial charge in [-0.3, -0.25) is 5.04 Å². The number of fused-ring (bicyclic) bond motifs is 1. The summed E-state index contributed by atoms with van der Waals surface area (Å²) in [6.07, 6.45) is 0. The molecule has 0 saturated heterocycles. The van der Waals surface area contributed by atoms with Gasteiger partial charge in [-0.2, -0.15) is 4.33 Å². The van der Waals surface area contributed by atoms with Crippen LogP contribution < -0.4 is 5.26 Å². The van der Waals surface area contributed by atoms with Crippen LogP contribution in [0.1, 0.15) is 0 Å². The predicted molar refractivity (Wildman–Crippen MR) is 51.5 cm³/mol. The maximum absolute atomic E-state index is 9.60. The van der Waals surface area contributed by atoms with Crippen molar-refractivity contribution >= 4 is 35.3 Å². The molecule has 2 N–H and O–H groups in total. The second kappa shape index (κ2) is 4.11. The van der Waals surface area contributed by atoms with E-state index in [9.17, 15) is 5.26 Å². The van der Waals surface area contributed by atoms with Crippen molar-refractivity contribution in [1.82, 2.24) is 9.97 Å². The van der Waals surface area contributed by atoms with Crippen molar-refractivity contribution in [2.75, 3.05) is 0 Å². The summed E-state index contributed by atoms with van der Waals surface area (Å²) in [5.74, 6) is 0. The maximum atomic E-state index is 9.60. The molecule has 0 spiro atoms. The smallest absolute Gasteiger partial charge is 0.175 e. The molecular weight excluding hydrogens is 224 g/mol. The summed E-state index contributed by atoms with van der Waals surface area (Å²) in [5.41, 5.74) is 1.76. The van der Waals surface area contributed by atoms with E-state index in [4.69, 9.17) is 12.2 Å². The highest BCUT2D eigenvalue weighted by molar-refractivity contribution is 7.94. The van der Waals surface area contributed by atoms with E-state index in [1.165, 1.54) is 0 Å². The van der Waals surface area contributed by atoms with Gasteiger partial charge in [-0.1, -0.05) is 0 Å². The lowest BCUT2D eigenvalue weighted by Gasteiger charge is -2.03. The fraction of sp³-hybridized carbons (Fsp3) is 0. The molecule has 0 bridgehead atoms. The Balaban J connectivity index is 2.35. The first kappa shape index (κ1) is 9.69. The number of hydrogen-bond donors (Lipinski definition) is 2. The van der Waals surface area contributed by atoms with Crippen molar-refractivity contribution in [2.24, 2.45) is 0 Å². The SMILES string of the molecule is [O-]OOSc1ccc2[nH]c(=S)[nH]c2c1. The summed E-state index contributed by atoms with van der Waals surface area (Å²) in [5, 5.41) is 12.8. The molecular formula is C7H5N2O3S2-. The van der Waals surface area contributed by atoms with Crippen LogP contribution in [-0.2, 0) is 9.37 Å². The number of rotatable bonds is 3. The van der Waals surface area contributed by atoms with Gasteiger partial charge in [0.25, 0.3) is 0 Å². The summed E-state index contributed by atoms with van der Waals surface area (Å²) in [7, 11) is 0. The van der Waals surface area contributed by atoms with Gasteiger partial charge in [0.15, 0.2) is 4.77 Å². The molecule has 0 aliphatic rings. The average Bonchev–Trinajstić information content (AvgIpc) is 2.54. The molecule has 0 unspecified atom stereocenters. The lowest BCUT2D eigenvalue weighted by molar-refractivity contribution is -0.777. The average molecular weight is 229 g/mol. The van der Waals surface area contributed by atoms with Crippen LogP contribution in [0.4, 0.5) is 0 Å². The Kier molecular flexibility index (Phi) is 2.85. The van der Waals surface area contributed by atoms with Gasteiger partial charge in [0, 0.05) is 4.90 Å². The fourth-order valence-corrected chi connectivity index (χ4v) is 1.73. The molecule has 0 aliphatic carbocycles. The largest absolute Gasteiger partial charge is 0.691 e. The third-order valence-electron chi connectivity index (χ3n) is 1.65. The minimum Gasteiger partial charge on any atom is -0.691 e. The summed E-state index contributed by atoms with van der Waals surface area (Å²) >= 11 is 5.76. The number of H-pyrrole nitrogens is 2. The van der Waals surface area contributed by atoms with Gasteiger partial charge in [0.05, 0.1) is 23.1 Å². The van der Waals surface area contributed by atoms with Crippen LogP contribution in [0.3, 0.4) is 0 Å². The van der Waals surface area contributed by atoms with Crippen LogP contribution >= 0.6 is 24.3 Å². The zero-order valence-corrected chi connectivity index (χ0v) is 8.41. The molecule has 0 fully saturated rings. The summed E-state index contributed by atoms with van der Waals surface area (Å²) < 4.78 is 4.74. The van der Waals surface area contributed by atoms with Gasteiger partial charge >= 0.3 is 0 Å². The van der Waals surface area contributed by atoms with Crippen LogP contribution in [0.2, 0.25) is 0 Å². The number of benzene rings is 1. The highest BCUT2D eigenvalue weighted by atomic mass is 32.2. The minimum absolute atomic E-state index is 0.558. The molecule has 2 rings (SSSR count). The van der Waals surface area contributed by atoms with Crippen LogP contribution in [0.5, 0.6) is 0 Å². The van der Waals surface area contributed by atoms with E-state index in [1.54, 1.807) is 12.1 Å². The van der Waals surface area contributed by atoms with E-state index >= 15 is 0 Å². The van der Waals surface area contributed by atoms with Gasteiger partial charge in [0.2, 0.25) is 0 Å². The van der Waals surface area contributed by atoms with Crippen molar-refractivity contribution in [3.05, 3.63) is 23.0 Å². The molecule has 7 heteroatoms. The third kappa shape index (κ3) is 1.97. The van der Waals surface area contributed by atoms with Crippen molar-refractivity contribution in [3.63, 3.8) is 0 Å². The van der Waals surface area contributed by atoms with E-state index < -0.39 is 0 Å². The Morgan fingerprint density at radius 2 is 2.07 bits per heavy atom. The molecule has 74 valence electrons. The molecule has 2 aromatic rings. The van der Waals surface area contributed by atoms with E-state index in [0.717, 1.165) is 28.0 Å². The van der Waals surface area contributed by atoms with Gasteiger partial charge in [-0.25, -0.2) is 0 Å². The fourth-order valence-electron chi connectivity index (χ4n) is 1.12. The molecule has 1 aromatic carbocycles. The normalized spacial score (nSPS) is 10.9. The van der Waals surface area contributed by atoms with Crippen LogP contribution in [0.15, 0.2) is 23.1 Å². The quantitative estimate of drug-likeness (QED) is 0.361. The monoisotopic (exact) mass is 229 g/mol. The number of nitrogens with one attached hydrogen (secondary N) is 2. The first-order valence-electron chi connectivity index (χ1n) is 3.65. The Hall–Kier alpha value is -0.860. The van der Waals surface area contributed by atoms with Gasteiger partial charge < -0.3 is 15.2 Å². The summed E-state index contributed by atoms with van der Waals surface area (Å²) in [6, 6.07) is 5.41. The molecule has 1 heterocycles. The van der Waals surface area contributed by atoms with E-state index in [2.05, 4.69) is 19.3 Å². The zero-order chi connectivity index (χ0) is 9.97. The second-order valence-electron chi connectivity index (χ2n) is 2.51. The van der Waals surface area contributed by atoms with Crippen LogP contribution in [-0.4, -0.2) is 9.97 Å². The van der Waals surface area contributed by atoms with E-state index in [0.29, 0.717) is 4.77 Å². The Bertz CT molecular complexity index is 493. The predicted octanol–water partition coefficient (Wildman–Crippen LogP) is 1.46. The first-order valence-corrected chi connectivity index (χ1v) is 4.80. The number of imidazole rings is 1. The highest BCUT2D eigenvalue weighted by Gasteiger charge is 1.99. The number of hydrogen-bond acceptors (Lipinski definition) is 5. The Morgan fingerprint density at radius 3 is 2.86 bits per heavy atom. The van der Waals surface area contributed by atoms with Gasteiger partial charge in [0.1, 0.15) is 0 Å². The Labute approximate surface area is 88.1 Å². The lowest BCUT2D eigenvalue weighted by atomic mass is 10.3. The van der Waals surface area contributed by atoms with Crippen molar-refractivity contribution < 1.29 is 14.6 Å².